The molecule has 2 aromatic heterocycles. The van der Waals surface area contributed by atoms with Crippen molar-refractivity contribution in [3.05, 3.63) is 142 Å². The zero-order chi connectivity index (χ0) is 37.0. The second kappa shape index (κ2) is 15.3. The molecule has 53 heavy (non-hydrogen) atoms. The molecule has 1 amide bonds. The predicted octanol–water partition coefficient (Wildman–Crippen LogP) is 4.98. The molecule has 1 aliphatic heterocycles. The minimum atomic E-state index is -1.12. The van der Waals surface area contributed by atoms with Crippen LogP contribution in [0.1, 0.15) is 34.9 Å². The van der Waals surface area contributed by atoms with E-state index in [1.165, 1.54) is 6.33 Å². The van der Waals surface area contributed by atoms with Gasteiger partial charge in [-0.2, -0.15) is 4.98 Å². The number of H-pyrrole nitrogens is 1. The van der Waals surface area contributed by atoms with Crippen LogP contribution in [-0.4, -0.2) is 70.7 Å². The number of anilines is 1. The molecule has 0 saturated carbocycles. The Morgan fingerprint density at radius 1 is 0.887 bits per heavy atom. The summed E-state index contributed by atoms with van der Waals surface area (Å²) in [7, 11) is 4.78. The van der Waals surface area contributed by atoms with Gasteiger partial charge in [-0.15, -0.1) is 0 Å². The number of nitrogens with zero attached hydrogens (tertiary/aromatic N) is 3. The molecule has 3 atom stereocenters. The maximum absolute atomic E-state index is 13.0. The van der Waals surface area contributed by atoms with Crippen molar-refractivity contribution < 1.29 is 33.6 Å². The number of aliphatic hydroxyl groups is 1. The van der Waals surface area contributed by atoms with Crippen LogP contribution in [0.4, 0.5) is 5.95 Å². The van der Waals surface area contributed by atoms with E-state index in [4.69, 9.17) is 23.7 Å². The smallest absolute Gasteiger partial charge is 0.280 e. The highest BCUT2D eigenvalue weighted by molar-refractivity contribution is 5.91. The van der Waals surface area contributed by atoms with Crippen molar-refractivity contribution in [2.75, 3.05) is 33.3 Å². The van der Waals surface area contributed by atoms with Crippen LogP contribution in [0.3, 0.4) is 0 Å². The molecule has 0 aliphatic carbocycles. The first kappa shape index (κ1) is 35.4. The lowest BCUT2D eigenvalue weighted by molar-refractivity contribution is -0.115. The summed E-state index contributed by atoms with van der Waals surface area (Å²) >= 11 is 0. The predicted molar refractivity (Wildman–Crippen MR) is 196 cm³/mol. The van der Waals surface area contributed by atoms with Gasteiger partial charge < -0.3 is 28.8 Å². The van der Waals surface area contributed by atoms with Gasteiger partial charge in [0.05, 0.1) is 46.8 Å². The number of imidazole rings is 1. The Morgan fingerprint density at radius 3 is 2.17 bits per heavy atom. The number of hydrogen-bond acceptors (Lipinski definition) is 10. The van der Waals surface area contributed by atoms with Crippen LogP contribution in [0, 0.1) is 0 Å². The van der Waals surface area contributed by atoms with Crippen LogP contribution in [0.5, 0.6) is 17.2 Å². The zero-order valence-corrected chi connectivity index (χ0v) is 29.4. The molecule has 1 fully saturated rings. The topological polar surface area (TPSA) is 159 Å². The first-order valence-corrected chi connectivity index (χ1v) is 17.0. The first-order chi connectivity index (χ1) is 25.8. The number of carbonyl (C=O) groups is 1. The van der Waals surface area contributed by atoms with Crippen molar-refractivity contribution in [3.63, 3.8) is 0 Å². The molecular weight excluding hydrogens is 678 g/mol. The quantitative estimate of drug-likeness (QED) is 0.139. The molecule has 4 aromatic carbocycles. The number of nitrogens with one attached hydrogen (secondary N) is 2. The lowest BCUT2D eigenvalue weighted by Gasteiger charge is -2.37. The van der Waals surface area contributed by atoms with Gasteiger partial charge >= 0.3 is 0 Å². The van der Waals surface area contributed by atoms with Crippen LogP contribution in [0.25, 0.3) is 11.2 Å². The summed E-state index contributed by atoms with van der Waals surface area (Å²) < 4.78 is 31.1. The summed E-state index contributed by atoms with van der Waals surface area (Å²) in [5.41, 5.74) is 1.88. The number of aromatic amines is 1. The SMILES string of the molecule is COc1ccc(C(OC[C@H]2O[C@@H](n3cnc4c(=O)[nH]c(NC(=O)Cc5cccc(OC)c5)nc43)C[C@@H]2O)(c2ccccc2)c2ccc(OC)cc2)cc1. The molecule has 0 radical (unpaired) electrons. The van der Waals surface area contributed by atoms with E-state index in [0.717, 1.165) is 22.3 Å². The maximum atomic E-state index is 13.0. The number of methoxy groups -OCH3 is 3. The monoisotopic (exact) mass is 717 g/mol. The average Bonchev–Trinajstić information content (AvgIpc) is 3.79. The molecule has 7 rings (SSSR count). The summed E-state index contributed by atoms with van der Waals surface area (Å²) in [5, 5.41) is 14.0. The molecular formula is C40H39N5O8. The van der Waals surface area contributed by atoms with Crippen molar-refractivity contribution in [1.29, 1.82) is 0 Å². The molecule has 3 N–H and O–H groups in total. The van der Waals surface area contributed by atoms with Crippen molar-refractivity contribution in [3.8, 4) is 17.2 Å². The molecule has 3 heterocycles. The number of hydrogen-bond donors (Lipinski definition) is 3. The number of ether oxygens (including phenoxy) is 5. The highest BCUT2D eigenvalue weighted by atomic mass is 16.6. The number of aromatic nitrogens is 4. The molecule has 13 nitrogen and oxygen atoms in total. The van der Waals surface area contributed by atoms with Gasteiger partial charge in [0.2, 0.25) is 11.9 Å². The Morgan fingerprint density at radius 2 is 1.53 bits per heavy atom. The third-order valence-corrected chi connectivity index (χ3v) is 9.34. The van der Waals surface area contributed by atoms with E-state index in [-0.39, 0.29) is 42.5 Å². The van der Waals surface area contributed by atoms with Gasteiger partial charge in [0.15, 0.2) is 11.2 Å². The van der Waals surface area contributed by atoms with E-state index < -0.39 is 29.6 Å². The van der Waals surface area contributed by atoms with Crippen LogP contribution in [0.2, 0.25) is 0 Å². The van der Waals surface area contributed by atoms with Crippen LogP contribution in [0.15, 0.2) is 114 Å². The van der Waals surface area contributed by atoms with E-state index in [9.17, 15) is 14.7 Å². The van der Waals surface area contributed by atoms with Gasteiger partial charge in [0, 0.05) is 6.42 Å². The van der Waals surface area contributed by atoms with Crippen LogP contribution < -0.4 is 25.1 Å². The van der Waals surface area contributed by atoms with Gasteiger partial charge in [-0.05, 0) is 58.7 Å². The Bertz CT molecular complexity index is 2190. The Labute approximate surface area is 305 Å². The van der Waals surface area contributed by atoms with Gasteiger partial charge in [-0.25, -0.2) is 4.98 Å². The Hall–Kier alpha value is -6.02. The van der Waals surface area contributed by atoms with Crippen molar-refractivity contribution in [1.82, 2.24) is 19.5 Å². The van der Waals surface area contributed by atoms with E-state index >= 15 is 0 Å². The summed E-state index contributed by atoms with van der Waals surface area (Å²) in [5.74, 6) is 1.60. The summed E-state index contributed by atoms with van der Waals surface area (Å²) in [6.07, 6.45) is -0.767. The van der Waals surface area contributed by atoms with E-state index in [1.54, 1.807) is 50.2 Å². The van der Waals surface area contributed by atoms with Gasteiger partial charge in [0.1, 0.15) is 35.2 Å². The number of carbonyl (C=O) groups excluding carboxylic acids is 1. The second-order valence-electron chi connectivity index (χ2n) is 12.6. The minimum Gasteiger partial charge on any atom is -0.497 e. The average molecular weight is 718 g/mol. The van der Waals surface area contributed by atoms with Crippen LogP contribution >= 0.6 is 0 Å². The summed E-state index contributed by atoms with van der Waals surface area (Å²) in [4.78, 5) is 37.3. The molecule has 272 valence electrons. The van der Waals surface area contributed by atoms with Gasteiger partial charge in [0.25, 0.3) is 5.56 Å². The van der Waals surface area contributed by atoms with E-state index in [1.807, 2.05) is 78.9 Å². The fourth-order valence-corrected chi connectivity index (χ4v) is 6.66. The second-order valence-corrected chi connectivity index (χ2v) is 12.6. The first-order valence-electron chi connectivity index (χ1n) is 17.0. The van der Waals surface area contributed by atoms with E-state index in [2.05, 4.69) is 20.3 Å². The highest BCUT2D eigenvalue weighted by Crippen LogP contribution is 2.43. The largest absolute Gasteiger partial charge is 0.497 e. The highest BCUT2D eigenvalue weighted by Gasteiger charge is 2.42. The molecule has 1 saturated heterocycles. The number of benzene rings is 4. The zero-order valence-electron chi connectivity index (χ0n) is 29.4. The Balaban J connectivity index is 1.15. The number of rotatable bonds is 13. The Kier molecular flexibility index (Phi) is 10.2. The van der Waals surface area contributed by atoms with Crippen molar-refractivity contribution in [2.24, 2.45) is 0 Å². The van der Waals surface area contributed by atoms with Gasteiger partial charge in [-0.3, -0.25) is 24.5 Å². The maximum Gasteiger partial charge on any atom is 0.280 e. The third-order valence-electron chi connectivity index (χ3n) is 9.34. The molecule has 0 unspecified atom stereocenters. The molecule has 1 aliphatic rings. The molecule has 6 aromatic rings. The lowest BCUT2D eigenvalue weighted by atomic mass is 9.80. The lowest BCUT2D eigenvalue weighted by Crippen LogP contribution is -2.38. The standard InChI is InChI=1S/C40H39N5O8/c1-49-29-16-12-27(13-17-29)40(26-9-5-4-6-10-26,28-14-18-30(50-2)19-15-28)52-23-33-32(46)22-35(53-33)45-24-41-36-37(45)43-39(44-38(36)48)42-34(47)21-25-8-7-11-31(20-25)51-3/h4-20,24,32-33,35,46H,21-23H2,1-3H3,(H2,42,43,44,47,48)/t32-,33+,35+/m0/s1. The normalized spacial score (nSPS) is 17.1. The molecule has 0 spiro atoms. The summed E-state index contributed by atoms with van der Waals surface area (Å²) in [6, 6.07) is 32.3. The number of fused-ring (bicyclic) bond motifs is 1. The molecule has 0 bridgehead atoms. The van der Waals surface area contributed by atoms with Crippen LogP contribution in [-0.2, 0) is 26.3 Å². The van der Waals surface area contributed by atoms with Crippen molar-refractivity contribution >= 4 is 23.0 Å². The minimum absolute atomic E-state index is 0.00314. The number of aliphatic hydroxyl groups excluding tert-OH is 1. The van der Waals surface area contributed by atoms with E-state index in [0.29, 0.717) is 17.2 Å². The fraction of sp³-hybridized carbons (Fsp3) is 0.250. The van der Waals surface area contributed by atoms with Crippen molar-refractivity contribution in [2.45, 2.75) is 36.9 Å². The van der Waals surface area contributed by atoms with Gasteiger partial charge in [-0.1, -0.05) is 66.7 Å². The molecule has 13 heteroatoms. The number of amides is 1. The third kappa shape index (κ3) is 7.22. The fourth-order valence-electron chi connectivity index (χ4n) is 6.66. The summed E-state index contributed by atoms with van der Waals surface area (Å²) in [6.45, 7) is -0.00314.